The van der Waals surface area contributed by atoms with Crippen LogP contribution in [0.3, 0.4) is 0 Å². The molecule has 0 spiro atoms. The van der Waals surface area contributed by atoms with Crippen LogP contribution in [0.2, 0.25) is 0 Å². The van der Waals surface area contributed by atoms with Crippen LogP contribution in [0.1, 0.15) is 5.56 Å². The third kappa shape index (κ3) is 2.13. The summed E-state index contributed by atoms with van der Waals surface area (Å²) in [4.78, 5) is 0. The Morgan fingerprint density at radius 1 is 0.636 bits per heavy atom. The Morgan fingerprint density at radius 3 is 2.05 bits per heavy atom. The Bertz CT molecular complexity index is 899. The monoisotopic (exact) mass is 308 g/mol. The molecule has 0 radical (unpaired) electrons. The molecule has 5 heteroatoms. The molecular weight excluding hydrogens is 299 g/mol. The van der Waals surface area contributed by atoms with Crippen LogP contribution in [0.5, 0.6) is 0 Å². The van der Waals surface area contributed by atoms with Crippen LogP contribution in [0.15, 0.2) is 36.4 Å². The molecule has 0 saturated heterocycles. The molecule has 0 aliphatic heterocycles. The second kappa shape index (κ2) is 5.09. The molecule has 0 atom stereocenters. The molecule has 0 aliphatic carbocycles. The van der Waals surface area contributed by atoms with Crippen molar-refractivity contribution >= 4 is 10.8 Å². The summed E-state index contributed by atoms with van der Waals surface area (Å²) in [7, 11) is 0. The molecule has 3 aromatic carbocycles. The van der Waals surface area contributed by atoms with E-state index in [4.69, 9.17) is 0 Å². The van der Waals surface area contributed by atoms with Gasteiger partial charge in [-0.1, -0.05) is 18.2 Å². The van der Waals surface area contributed by atoms with Crippen LogP contribution in [0, 0.1) is 36.0 Å². The molecule has 0 nitrogen and oxygen atoms in total. The van der Waals surface area contributed by atoms with Gasteiger partial charge in [-0.2, -0.15) is 0 Å². The molecule has 0 amide bonds. The molecule has 0 saturated carbocycles. The molecule has 0 fully saturated rings. The van der Waals surface area contributed by atoms with Crippen LogP contribution >= 0.6 is 0 Å². The van der Waals surface area contributed by atoms with E-state index in [0.717, 1.165) is 12.1 Å². The van der Waals surface area contributed by atoms with E-state index in [1.54, 1.807) is 0 Å². The van der Waals surface area contributed by atoms with Gasteiger partial charge in [-0.05, 0) is 36.1 Å². The Labute approximate surface area is 122 Å². The summed E-state index contributed by atoms with van der Waals surface area (Å²) >= 11 is 0. The Hall–Kier alpha value is -2.43. The minimum atomic E-state index is -1.36. The minimum absolute atomic E-state index is 0.133. The Balaban J connectivity index is 2.38. The first-order chi connectivity index (χ1) is 10.4. The van der Waals surface area contributed by atoms with E-state index in [0.29, 0.717) is 5.56 Å². The van der Waals surface area contributed by atoms with Gasteiger partial charge in [-0.25, -0.2) is 22.0 Å². The highest BCUT2D eigenvalue weighted by Crippen LogP contribution is 2.33. The largest absolute Gasteiger partial charge is 0.206 e. The van der Waals surface area contributed by atoms with E-state index in [2.05, 4.69) is 0 Å². The van der Waals surface area contributed by atoms with Crippen LogP contribution in [-0.4, -0.2) is 0 Å². The fourth-order valence-electron chi connectivity index (χ4n) is 2.44. The zero-order valence-corrected chi connectivity index (χ0v) is 11.4. The predicted octanol–water partition coefficient (Wildman–Crippen LogP) is 5.51. The number of hydrogen-bond acceptors (Lipinski definition) is 0. The lowest BCUT2D eigenvalue weighted by Crippen LogP contribution is -1.97. The second-order valence-electron chi connectivity index (χ2n) is 4.99. The predicted molar refractivity (Wildman–Crippen MR) is 73.9 cm³/mol. The zero-order valence-electron chi connectivity index (χ0n) is 11.4. The van der Waals surface area contributed by atoms with Crippen LogP contribution in [0.4, 0.5) is 22.0 Å². The van der Waals surface area contributed by atoms with E-state index in [1.807, 2.05) is 0 Å². The SMILES string of the molecule is Cc1cc(F)c(F)c(-c2ccc3ccc(F)c(F)c3c2F)c1. The summed E-state index contributed by atoms with van der Waals surface area (Å²) in [5, 5.41) is -0.451. The third-order valence-electron chi connectivity index (χ3n) is 3.48. The smallest absolute Gasteiger partial charge is 0.169 e. The number of aryl methyl sites for hydroxylation is 1. The maximum Gasteiger partial charge on any atom is 0.169 e. The number of fused-ring (bicyclic) bond motifs is 1. The van der Waals surface area contributed by atoms with Crippen molar-refractivity contribution in [3.63, 3.8) is 0 Å². The van der Waals surface area contributed by atoms with E-state index in [9.17, 15) is 22.0 Å². The topological polar surface area (TPSA) is 0 Å². The highest BCUT2D eigenvalue weighted by Gasteiger charge is 2.19. The van der Waals surface area contributed by atoms with Gasteiger partial charge >= 0.3 is 0 Å². The van der Waals surface area contributed by atoms with Gasteiger partial charge in [0.2, 0.25) is 0 Å². The fourth-order valence-corrected chi connectivity index (χ4v) is 2.44. The molecule has 3 aromatic rings. The second-order valence-corrected chi connectivity index (χ2v) is 4.99. The molecule has 0 heterocycles. The van der Waals surface area contributed by atoms with E-state index >= 15 is 0 Å². The summed E-state index contributed by atoms with van der Waals surface area (Å²) < 4.78 is 69.1. The molecule has 0 bridgehead atoms. The van der Waals surface area contributed by atoms with Crippen molar-refractivity contribution in [1.82, 2.24) is 0 Å². The van der Waals surface area contributed by atoms with Crippen molar-refractivity contribution in [3.05, 3.63) is 71.0 Å². The highest BCUT2D eigenvalue weighted by atomic mass is 19.2. The van der Waals surface area contributed by atoms with Crippen molar-refractivity contribution in [2.45, 2.75) is 6.92 Å². The van der Waals surface area contributed by atoms with Crippen molar-refractivity contribution in [2.75, 3.05) is 0 Å². The number of rotatable bonds is 1. The van der Waals surface area contributed by atoms with Gasteiger partial charge in [0.1, 0.15) is 5.82 Å². The minimum Gasteiger partial charge on any atom is -0.206 e. The summed E-state index contributed by atoms with van der Waals surface area (Å²) in [5.41, 5.74) is -0.272. The fraction of sp³-hybridized carbons (Fsp3) is 0.0588. The average molecular weight is 308 g/mol. The maximum absolute atomic E-state index is 14.5. The lowest BCUT2D eigenvalue weighted by molar-refractivity contribution is 0.507. The molecule has 0 N–H and O–H groups in total. The molecule has 0 aromatic heterocycles. The maximum atomic E-state index is 14.5. The molecule has 0 aliphatic rings. The third-order valence-corrected chi connectivity index (χ3v) is 3.48. The van der Waals surface area contributed by atoms with Crippen molar-refractivity contribution in [2.24, 2.45) is 0 Å². The number of benzene rings is 3. The van der Waals surface area contributed by atoms with Gasteiger partial charge in [0.25, 0.3) is 0 Å². The number of hydrogen-bond donors (Lipinski definition) is 0. The summed E-state index contributed by atoms with van der Waals surface area (Å²) in [5.74, 6) is -6.06. The van der Waals surface area contributed by atoms with Crippen LogP contribution in [-0.2, 0) is 0 Å². The van der Waals surface area contributed by atoms with Crippen LogP contribution in [0.25, 0.3) is 21.9 Å². The van der Waals surface area contributed by atoms with Crippen molar-refractivity contribution in [1.29, 1.82) is 0 Å². The van der Waals surface area contributed by atoms with Gasteiger partial charge < -0.3 is 0 Å². The lowest BCUT2D eigenvalue weighted by atomic mass is 9.98. The van der Waals surface area contributed by atoms with Gasteiger partial charge in [0, 0.05) is 11.1 Å². The summed E-state index contributed by atoms with van der Waals surface area (Å²) in [6.07, 6.45) is 0. The van der Waals surface area contributed by atoms with Crippen molar-refractivity contribution < 1.29 is 22.0 Å². The normalized spacial score (nSPS) is 11.2. The molecular formula is C17H9F5. The average Bonchev–Trinajstić information content (AvgIpc) is 2.47. The van der Waals surface area contributed by atoms with E-state index in [-0.39, 0.29) is 16.5 Å². The van der Waals surface area contributed by atoms with E-state index in [1.165, 1.54) is 31.2 Å². The summed E-state index contributed by atoms with van der Waals surface area (Å²) in [6.45, 7) is 1.52. The Kier molecular flexibility index (Phi) is 3.35. The first kappa shape index (κ1) is 14.5. The molecule has 0 unspecified atom stereocenters. The van der Waals surface area contributed by atoms with Gasteiger partial charge in [-0.15, -0.1) is 0 Å². The Morgan fingerprint density at radius 2 is 1.32 bits per heavy atom. The lowest BCUT2D eigenvalue weighted by Gasteiger charge is -2.10. The highest BCUT2D eigenvalue weighted by molar-refractivity contribution is 5.89. The molecule has 112 valence electrons. The van der Waals surface area contributed by atoms with E-state index < -0.39 is 34.5 Å². The first-order valence-corrected chi connectivity index (χ1v) is 6.42. The quantitative estimate of drug-likeness (QED) is 0.520. The van der Waals surface area contributed by atoms with Crippen molar-refractivity contribution in [3.8, 4) is 11.1 Å². The summed E-state index contributed by atoms with van der Waals surface area (Å²) in [6, 6.07) is 6.86. The standard InChI is InChI=1S/C17H9F5/c1-8-6-11(15(20)13(19)7-8)10-4-2-9-3-5-12(18)17(22)14(9)16(10)21/h2-7H,1H3. The molecule has 3 rings (SSSR count). The van der Waals surface area contributed by atoms with Gasteiger partial charge in [0.05, 0.1) is 5.39 Å². The number of halogens is 5. The van der Waals surface area contributed by atoms with Gasteiger partial charge in [-0.3, -0.25) is 0 Å². The van der Waals surface area contributed by atoms with Gasteiger partial charge in [0.15, 0.2) is 23.3 Å². The molecule has 22 heavy (non-hydrogen) atoms. The zero-order chi connectivity index (χ0) is 16.0. The first-order valence-electron chi connectivity index (χ1n) is 6.42. The van der Waals surface area contributed by atoms with Crippen LogP contribution < -0.4 is 0 Å².